The van der Waals surface area contributed by atoms with Crippen molar-refractivity contribution in [2.75, 3.05) is 0 Å². The molecule has 20 heavy (non-hydrogen) atoms. The van der Waals surface area contributed by atoms with Crippen LogP contribution in [0.25, 0.3) is 0 Å². The maximum atomic E-state index is 13.7. The van der Waals surface area contributed by atoms with E-state index in [9.17, 15) is 12.8 Å². The molecule has 108 valence electrons. The van der Waals surface area contributed by atoms with Crippen molar-refractivity contribution in [2.24, 2.45) is 7.05 Å². The van der Waals surface area contributed by atoms with E-state index in [4.69, 9.17) is 0 Å². The second-order valence-electron chi connectivity index (χ2n) is 4.28. The summed E-state index contributed by atoms with van der Waals surface area (Å²) < 4.78 is 42.3. The van der Waals surface area contributed by atoms with Crippen molar-refractivity contribution in [2.45, 2.75) is 18.4 Å². The van der Waals surface area contributed by atoms with Crippen LogP contribution in [0, 0.1) is 12.7 Å². The minimum Gasteiger partial charge on any atom is -0.273 e. The zero-order chi connectivity index (χ0) is 14.9. The van der Waals surface area contributed by atoms with Crippen LogP contribution in [0.2, 0.25) is 0 Å². The summed E-state index contributed by atoms with van der Waals surface area (Å²) >= 11 is 3.08. The van der Waals surface area contributed by atoms with Gasteiger partial charge in [-0.05, 0) is 25.1 Å². The average molecular weight is 362 g/mol. The number of rotatable bonds is 4. The summed E-state index contributed by atoms with van der Waals surface area (Å²) in [5.74, 6) is -0.796. The van der Waals surface area contributed by atoms with Crippen LogP contribution >= 0.6 is 15.9 Å². The van der Waals surface area contributed by atoms with Crippen LogP contribution in [0.4, 0.5) is 4.39 Å². The summed E-state index contributed by atoms with van der Waals surface area (Å²) in [5.41, 5.74) is 1.59. The molecule has 1 N–H and O–H groups in total. The molecule has 0 saturated heterocycles. The fourth-order valence-corrected chi connectivity index (χ4v) is 3.06. The van der Waals surface area contributed by atoms with E-state index in [-0.39, 0.29) is 11.4 Å². The van der Waals surface area contributed by atoms with Gasteiger partial charge in [0, 0.05) is 29.3 Å². The number of aromatic nitrogens is 2. The Morgan fingerprint density at radius 3 is 2.70 bits per heavy atom. The van der Waals surface area contributed by atoms with Crippen LogP contribution in [0.15, 0.2) is 33.8 Å². The molecule has 0 spiro atoms. The minimum absolute atomic E-state index is 0.0670. The first-order valence-electron chi connectivity index (χ1n) is 5.73. The van der Waals surface area contributed by atoms with Crippen molar-refractivity contribution in [1.29, 1.82) is 0 Å². The maximum Gasteiger partial charge on any atom is 0.243 e. The molecule has 0 aliphatic heterocycles. The SMILES string of the molecule is Cc1c(CNS(=O)(=O)c2ccc(Br)cc2F)cnn1C. The van der Waals surface area contributed by atoms with Gasteiger partial charge in [0.2, 0.25) is 10.0 Å². The Balaban J connectivity index is 2.21. The van der Waals surface area contributed by atoms with Crippen LogP contribution in [0.5, 0.6) is 0 Å². The summed E-state index contributed by atoms with van der Waals surface area (Å²) in [7, 11) is -2.13. The number of sulfonamides is 1. The molecular weight excluding hydrogens is 349 g/mol. The summed E-state index contributed by atoms with van der Waals surface area (Å²) in [5, 5.41) is 4.02. The molecule has 1 heterocycles. The predicted molar refractivity (Wildman–Crippen MR) is 76.1 cm³/mol. The largest absolute Gasteiger partial charge is 0.273 e. The monoisotopic (exact) mass is 361 g/mol. The lowest BCUT2D eigenvalue weighted by molar-refractivity contribution is 0.556. The maximum absolute atomic E-state index is 13.7. The second-order valence-corrected chi connectivity index (χ2v) is 6.93. The second kappa shape index (κ2) is 5.63. The molecule has 0 amide bonds. The van der Waals surface area contributed by atoms with Gasteiger partial charge in [0.1, 0.15) is 10.7 Å². The molecule has 1 aromatic heterocycles. The summed E-state index contributed by atoms with van der Waals surface area (Å²) in [6.07, 6.45) is 1.58. The summed E-state index contributed by atoms with van der Waals surface area (Å²) in [4.78, 5) is -0.373. The lowest BCUT2D eigenvalue weighted by atomic mass is 10.3. The highest BCUT2D eigenvalue weighted by Crippen LogP contribution is 2.19. The quantitative estimate of drug-likeness (QED) is 0.906. The topological polar surface area (TPSA) is 64.0 Å². The fraction of sp³-hybridized carbons (Fsp3) is 0.250. The molecule has 2 rings (SSSR count). The van der Waals surface area contributed by atoms with E-state index in [1.54, 1.807) is 17.9 Å². The molecular formula is C12H13BrFN3O2S. The van der Waals surface area contributed by atoms with Crippen molar-refractivity contribution >= 4 is 26.0 Å². The Morgan fingerprint density at radius 2 is 2.15 bits per heavy atom. The van der Waals surface area contributed by atoms with Crippen molar-refractivity contribution in [3.8, 4) is 0 Å². The molecule has 0 atom stereocenters. The van der Waals surface area contributed by atoms with Crippen LogP contribution in [0.1, 0.15) is 11.3 Å². The number of aryl methyl sites for hydroxylation is 1. The van der Waals surface area contributed by atoms with Crippen molar-refractivity contribution in [3.05, 3.63) is 45.9 Å². The van der Waals surface area contributed by atoms with Crippen LogP contribution in [-0.4, -0.2) is 18.2 Å². The summed E-state index contributed by atoms with van der Waals surface area (Å²) in [6.45, 7) is 1.90. The van der Waals surface area contributed by atoms with Crippen LogP contribution < -0.4 is 4.72 Å². The lowest BCUT2D eigenvalue weighted by Gasteiger charge is -2.07. The molecule has 2 aromatic rings. The standard InChI is InChI=1S/C12H13BrFN3O2S/c1-8-9(6-15-17(8)2)7-16-20(18,19)12-4-3-10(13)5-11(12)14/h3-6,16H,7H2,1-2H3. The van der Waals surface area contributed by atoms with Crippen LogP contribution in [0.3, 0.4) is 0 Å². The highest BCUT2D eigenvalue weighted by molar-refractivity contribution is 9.10. The number of nitrogens with one attached hydrogen (secondary N) is 1. The third-order valence-electron chi connectivity index (χ3n) is 2.97. The van der Waals surface area contributed by atoms with Gasteiger partial charge in [-0.25, -0.2) is 17.5 Å². The lowest BCUT2D eigenvalue weighted by Crippen LogP contribution is -2.24. The van der Waals surface area contributed by atoms with E-state index in [0.29, 0.717) is 4.47 Å². The Labute approximate surface area is 125 Å². The summed E-state index contributed by atoms with van der Waals surface area (Å²) in [6, 6.07) is 3.81. The van der Waals surface area contributed by atoms with E-state index in [1.807, 2.05) is 6.92 Å². The van der Waals surface area contributed by atoms with Gasteiger partial charge in [0.05, 0.1) is 6.20 Å². The van der Waals surface area contributed by atoms with Crippen LogP contribution in [-0.2, 0) is 23.6 Å². The van der Waals surface area contributed by atoms with Crippen molar-refractivity contribution < 1.29 is 12.8 Å². The molecule has 0 bridgehead atoms. The zero-order valence-corrected chi connectivity index (χ0v) is 13.3. The highest BCUT2D eigenvalue weighted by atomic mass is 79.9. The van der Waals surface area contributed by atoms with E-state index in [1.165, 1.54) is 12.1 Å². The molecule has 5 nitrogen and oxygen atoms in total. The fourth-order valence-electron chi connectivity index (χ4n) is 1.66. The Kier molecular flexibility index (Phi) is 4.26. The number of hydrogen-bond donors (Lipinski definition) is 1. The Bertz CT molecular complexity index is 743. The first-order chi connectivity index (χ1) is 9.31. The van der Waals surface area contributed by atoms with E-state index < -0.39 is 15.8 Å². The van der Waals surface area contributed by atoms with Crippen molar-refractivity contribution in [1.82, 2.24) is 14.5 Å². The average Bonchev–Trinajstić information content (AvgIpc) is 2.67. The normalized spacial score (nSPS) is 11.8. The highest BCUT2D eigenvalue weighted by Gasteiger charge is 2.19. The first-order valence-corrected chi connectivity index (χ1v) is 8.01. The zero-order valence-electron chi connectivity index (χ0n) is 10.9. The molecule has 0 radical (unpaired) electrons. The minimum atomic E-state index is -3.90. The Hall–Kier alpha value is -1.25. The van der Waals surface area contributed by atoms with Gasteiger partial charge >= 0.3 is 0 Å². The third kappa shape index (κ3) is 3.08. The number of halogens is 2. The van der Waals surface area contributed by atoms with Gasteiger partial charge in [0.15, 0.2) is 0 Å². The molecule has 1 aromatic carbocycles. The van der Waals surface area contributed by atoms with E-state index >= 15 is 0 Å². The van der Waals surface area contributed by atoms with E-state index in [0.717, 1.165) is 17.3 Å². The number of hydrogen-bond acceptors (Lipinski definition) is 3. The first kappa shape index (κ1) is 15.1. The van der Waals surface area contributed by atoms with Gasteiger partial charge in [-0.3, -0.25) is 4.68 Å². The van der Waals surface area contributed by atoms with Crippen molar-refractivity contribution in [3.63, 3.8) is 0 Å². The molecule has 0 aliphatic rings. The Morgan fingerprint density at radius 1 is 1.45 bits per heavy atom. The third-order valence-corrected chi connectivity index (χ3v) is 4.90. The number of benzene rings is 1. The molecule has 0 unspecified atom stereocenters. The van der Waals surface area contributed by atoms with Gasteiger partial charge in [-0.2, -0.15) is 5.10 Å². The molecule has 8 heteroatoms. The molecule has 0 fully saturated rings. The molecule has 0 saturated carbocycles. The smallest absolute Gasteiger partial charge is 0.243 e. The van der Waals surface area contributed by atoms with Gasteiger partial charge in [-0.15, -0.1) is 0 Å². The van der Waals surface area contributed by atoms with Gasteiger partial charge < -0.3 is 0 Å². The molecule has 0 aliphatic carbocycles. The predicted octanol–water partition coefficient (Wildman–Crippen LogP) is 2.11. The van der Waals surface area contributed by atoms with E-state index in [2.05, 4.69) is 25.8 Å². The number of nitrogens with zero attached hydrogens (tertiary/aromatic N) is 2. The van der Waals surface area contributed by atoms with Gasteiger partial charge in [0.25, 0.3) is 0 Å². The van der Waals surface area contributed by atoms with Gasteiger partial charge in [-0.1, -0.05) is 15.9 Å².